The van der Waals surface area contributed by atoms with Crippen molar-refractivity contribution >= 4 is 19.3 Å². The Kier molecular flexibility index (Phi) is 1.41. The molecule has 0 atom stereocenters. The summed E-state index contributed by atoms with van der Waals surface area (Å²) < 4.78 is 10.3. The first-order valence-corrected chi connectivity index (χ1v) is 5.08. The average molecular weight is 120 g/mol. The Morgan fingerprint density at radius 3 is 2.33 bits per heavy atom. The molecule has 1 heterocycles. The summed E-state index contributed by atoms with van der Waals surface area (Å²) in [5.74, 6) is 0. The summed E-state index contributed by atoms with van der Waals surface area (Å²) in [6, 6.07) is 1.15. The fourth-order valence-corrected chi connectivity index (χ4v) is 3.60. The minimum atomic E-state index is -0.918. The van der Waals surface area contributed by atoms with Crippen LogP contribution < -0.4 is 0 Å². The Labute approximate surface area is 41.4 Å². The smallest absolute Gasteiger partial charge is 0.302 e. The van der Waals surface area contributed by atoms with Gasteiger partial charge < -0.3 is 8.23 Å². The van der Waals surface area contributed by atoms with Crippen LogP contribution in [-0.2, 0) is 8.23 Å². The molecule has 0 N–H and O–H groups in total. The van der Waals surface area contributed by atoms with Crippen LogP contribution in [0.2, 0.25) is 6.04 Å². The van der Waals surface area contributed by atoms with Crippen molar-refractivity contribution < 1.29 is 8.23 Å². The Morgan fingerprint density at radius 2 is 2.33 bits per heavy atom. The fourth-order valence-electron chi connectivity index (χ4n) is 0.400. The maximum atomic E-state index is 5.14. The standard InChI is InChI=1S/C2H8O2Si2/c1-2-6-3-5-4-6/h6H,2,5H2,1H3. The molecule has 1 saturated heterocycles. The van der Waals surface area contributed by atoms with Crippen LogP contribution in [0.25, 0.3) is 0 Å². The van der Waals surface area contributed by atoms with Gasteiger partial charge in [-0.3, -0.25) is 0 Å². The van der Waals surface area contributed by atoms with E-state index in [1.54, 1.807) is 0 Å². The summed E-state index contributed by atoms with van der Waals surface area (Å²) >= 11 is 0. The van der Waals surface area contributed by atoms with Crippen molar-refractivity contribution in [3.63, 3.8) is 0 Å². The van der Waals surface area contributed by atoms with Crippen LogP contribution in [0.1, 0.15) is 6.92 Å². The molecule has 1 fully saturated rings. The number of hydrogen-bond donors (Lipinski definition) is 0. The number of hydrogen-bond acceptors (Lipinski definition) is 2. The lowest BCUT2D eigenvalue weighted by molar-refractivity contribution is 0.312. The summed E-state index contributed by atoms with van der Waals surface area (Å²) in [7, 11) is -1.31. The first kappa shape index (κ1) is 4.51. The normalized spacial score (nSPS) is 36.5. The van der Waals surface area contributed by atoms with Gasteiger partial charge in [0.1, 0.15) is 0 Å². The Hall–Kier alpha value is 0.354. The molecule has 0 aliphatic carbocycles. The van der Waals surface area contributed by atoms with Crippen molar-refractivity contribution in [2.45, 2.75) is 13.0 Å². The topological polar surface area (TPSA) is 18.5 Å². The third kappa shape index (κ3) is 0.702. The Balaban J connectivity index is 2.01. The van der Waals surface area contributed by atoms with E-state index < -0.39 is 19.3 Å². The predicted molar refractivity (Wildman–Crippen MR) is 28.3 cm³/mol. The van der Waals surface area contributed by atoms with Crippen LogP contribution in [0.5, 0.6) is 0 Å². The van der Waals surface area contributed by atoms with Crippen molar-refractivity contribution in [2.24, 2.45) is 0 Å². The lowest BCUT2D eigenvalue weighted by atomic mass is 11.0. The Bertz CT molecular complexity index is 42.1. The van der Waals surface area contributed by atoms with E-state index >= 15 is 0 Å². The van der Waals surface area contributed by atoms with Crippen LogP contribution in [0, 0.1) is 0 Å². The molecule has 1 rings (SSSR count). The molecular formula is C2H8O2Si2. The zero-order chi connectivity index (χ0) is 4.41. The molecule has 2 nitrogen and oxygen atoms in total. The lowest BCUT2D eigenvalue weighted by Gasteiger charge is -2.23. The molecule has 0 unspecified atom stereocenters. The largest absolute Gasteiger partial charge is 0.422 e. The molecular weight excluding hydrogens is 112 g/mol. The van der Waals surface area contributed by atoms with Gasteiger partial charge in [-0.2, -0.15) is 0 Å². The minimum Gasteiger partial charge on any atom is -0.422 e. The van der Waals surface area contributed by atoms with Crippen molar-refractivity contribution in [1.29, 1.82) is 0 Å². The zero-order valence-electron chi connectivity index (χ0n) is 3.81. The quantitative estimate of drug-likeness (QED) is 0.425. The lowest BCUT2D eigenvalue weighted by Crippen LogP contribution is -2.37. The fraction of sp³-hybridized carbons (Fsp3) is 1.00. The first-order chi connectivity index (χ1) is 2.93. The number of rotatable bonds is 1. The van der Waals surface area contributed by atoms with Crippen molar-refractivity contribution in [1.82, 2.24) is 0 Å². The van der Waals surface area contributed by atoms with E-state index in [0.717, 1.165) is 6.04 Å². The molecule has 0 aromatic heterocycles. The van der Waals surface area contributed by atoms with Crippen LogP contribution in [0.3, 0.4) is 0 Å². The molecule has 36 valence electrons. The van der Waals surface area contributed by atoms with Crippen molar-refractivity contribution in [3.05, 3.63) is 0 Å². The second-order valence-corrected chi connectivity index (χ2v) is 5.87. The highest BCUT2D eigenvalue weighted by Crippen LogP contribution is 2.02. The van der Waals surface area contributed by atoms with Gasteiger partial charge in [-0.05, 0) is 6.04 Å². The molecule has 0 saturated carbocycles. The molecule has 0 radical (unpaired) electrons. The molecule has 4 heteroatoms. The molecule has 0 bridgehead atoms. The summed E-state index contributed by atoms with van der Waals surface area (Å²) in [5.41, 5.74) is 0. The molecule has 0 aromatic carbocycles. The van der Waals surface area contributed by atoms with Gasteiger partial charge >= 0.3 is 9.28 Å². The highest BCUT2D eigenvalue weighted by molar-refractivity contribution is 6.64. The highest BCUT2D eigenvalue weighted by atomic mass is 28.4. The second-order valence-electron chi connectivity index (χ2n) is 1.29. The van der Waals surface area contributed by atoms with E-state index in [0.29, 0.717) is 0 Å². The van der Waals surface area contributed by atoms with Crippen molar-refractivity contribution in [3.8, 4) is 0 Å². The molecule has 1 aliphatic rings. The summed E-state index contributed by atoms with van der Waals surface area (Å²) in [6.45, 7) is 2.12. The van der Waals surface area contributed by atoms with Gasteiger partial charge in [0.15, 0.2) is 0 Å². The van der Waals surface area contributed by atoms with E-state index in [9.17, 15) is 0 Å². The van der Waals surface area contributed by atoms with Gasteiger partial charge in [0.2, 0.25) is 0 Å². The van der Waals surface area contributed by atoms with Gasteiger partial charge in [-0.1, -0.05) is 6.92 Å². The van der Waals surface area contributed by atoms with E-state index in [1.165, 1.54) is 0 Å². The molecule has 0 amide bonds. The second kappa shape index (κ2) is 1.88. The average Bonchev–Trinajstić information content (AvgIpc) is 1.31. The van der Waals surface area contributed by atoms with Gasteiger partial charge in [0.05, 0.1) is 0 Å². The SMILES string of the molecule is CC[SiH]1O[SiH2]O1. The van der Waals surface area contributed by atoms with Gasteiger partial charge in [-0.15, -0.1) is 0 Å². The van der Waals surface area contributed by atoms with E-state index in [2.05, 4.69) is 6.92 Å². The van der Waals surface area contributed by atoms with E-state index in [1.807, 2.05) is 0 Å². The Morgan fingerprint density at radius 1 is 1.67 bits per heavy atom. The van der Waals surface area contributed by atoms with Gasteiger partial charge in [0.25, 0.3) is 10.0 Å². The van der Waals surface area contributed by atoms with E-state index in [-0.39, 0.29) is 0 Å². The maximum absolute atomic E-state index is 5.14. The van der Waals surface area contributed by atoms with E-state index in [4.69, 9.17) is 8.23 Å². The molecule has 6 heavy (non-hydrogen) atoms. The maximum Gasteiger partial charge on any atom is 0.302 e. The third-order valence-electron chi connectivity index (χ3n) is 0.841. The van der Waals surface area contributed by atoms with Crippen LogP contribution in [0.15, 0.2) is 0 Å². The zero-order valence-corrected chi connectivity index (χ0v) is 6.38. The van der Waals surface area contributed by atoms with Gasteiger partial charge in [-0.25, -0.2) is 0 Å². The van der Waals surface area contributed by atoms with Gasteiger partial charge in [0, 0.05) is 0 Å². The first-order valence-electron chi connectivity index (χ1n) is 2.16. The van der Waals surface area contributed by atoms with Crippen LogP contribution in [0.4, 0.5) is 0 Å². The molecule has 0 aromatic rings. The van der Waals surface area contributed by atoms with Crippen LogP contribution >= 0.6 is 0 Å². The summed E-state index contributed by atoms with van der Waals surface area (Å²) in [4.78, 5) is 0. The van der Waals surface area contributed by atoms with Crippen molar-refractivity contribution in [2.75, 3.05) is 0 Å². The minimum absolute atomic E-state index is 0.392. The highest BCUT2D eigenvalue weighted by Gasteiger charge is 2.18. The molecule has 0 spiro atoms. The molecule has 1 aliphatic heterocycles. The third-order valence-corrected chi connectivity index (χ3v) is 5.57. The van der Waals surface area contributed by atoms with Crippen LogP contribution in [-0.4, -0.2) is 19.3 Å². The summed E-state index contributed by atoms with van der Waals surface area (Å²) in [6.07, 6.45) is 0. The monoisotopic (exact) mass is 120 g/mol. The summed E-state index contributed by atoms with van der Waals surface area (Å²) in [5, 5.41) is 0. The predicted octanol–water partition coefficient (Wildman–Crippen LogP) is -0.728.